The van der Waals surface area contributed by atoms with Crippen LogP contribution in [0.5, 0.6) is 0 Å². The number of rotatable bonds is 2. The van der Waals surface area contributed by atoms with Gasteiger partial charge in [-0.25, -0.2) is 9.78 Å². The summed E-state index contributed by atoms with van der Waals surface area (Å²) in [5.41, 5.74) is 2.93. The lowest BCUT2D eigenvalue weighted by atomic mass is 10.1. The average Bonchev–Trinajstić information content (AvgIpc) is 2.83. The summed E-state index contributed by atoms with van der Waals surface area (Å²) in [6.45, 7) is 9.53. The van der Waals surface area contributed by atoms with E-state index in [9.17, 15) is 4.79 Å². The number of ether oxygens (including phenoxy) is 1. The second-order valence-electron chi connectivity index (χ2n) is 4.72. The second-order valence-corrected chi connectivity index (χ2v) is 4.72. The first kappa shape index (κ1) is 15.3. The number of aromatic nitrogens is 3. The Labute approximate surface area is 124 Å². The van der Waals surface area contributed by atoms with E-state index < -0.39 is 0 Å². The number of pyridine rings is 1. The normalized spacial score (nSPS) is 14.4. The van der Waals surface area contributed by atoms with Crippen molar-refractivity contribution in [2.45, 2.75) is 33.7 Å². The van der Waals surface area contributed by atoms with Gasteiger partial charge in [0.15, 0.2) is 0 Å². The van der Waals surface area contributed by atoms with Crippen LogP contribution in [0.15, 0.2) is 18.6 Å². The van der Waals surface area contributed by atoms with Gasteiger partial charge in [0.05, 0.1) is 30.7 Å². The molecule has 0 radical (unpaired) electrons. The number of fused-ring (bicyclic) bond motifs is 1. The molecule has 1 saturated heterocycles. The van der Waals surface area contributed by atoms with E-state index in [0.29, 0.717) is 19.7 Å². The Hall–Kier alpha value is -2.11. The fraction of sp³-hybridized carbons (Fsp3) is 0.533. The molecule has 0 N–H and O–H groups in total. The average molecular weight is 290 g/mol. The molecule has 0 spiro atoms. The van der Waals surface area contributed by atoms with Crippen molar-refractivity contribution in [1.82, 2.24) is 19.4 Å². The number of hydrogen-bond donors (Lipinski definition) is 0. The van der Waals surface area contributed by atoms with Crippen LogP contribution < -0.4 is 0 Å². The van der Waals surface area contributed by atoms with E-state index >= 15 is 0 Å². The van der Waals surface area contributed by atoms with E-state index in [1.54, 1.807) is 11.1 Å². The van der Waals surface area contributed by atoms with Gasteiger partial charge in [-0.05, 0) is 19.9 Å². The van der Waals surface area contributed by atoms with Crippen LogP contribution in [0.3, 0.4) is 0 Å². The lowest BCUT2D eigenvalue weighted by Gasteiger charge is -2.39. The molecular weight excluding hydrogens is 268 g/mol. The highest BCUT2D eigenvalue weighted by atomic mass is 16.6. The summed E-state index contributed by atoms with van der Waals surface area (Å²) < 4.78 is 7.08. The molecule has 114 valence electrons. The number of amides is 1. The Bertz CT molecular complexity index is 617. The van der Waals surface area contributed by atoms with Gasteiger partial charge in [-0.2, -0.15) is 0 Å². The van der Waals surface area contributed by atoms with E-state index in [-0.39, 0.29) is 12.1 Å². The zero-order valence-electron chi connectivity index (χ0n) is 13.0. The van der Waals surface area contributed by atoms with Crippen LogP contribution in [-0.4, -0.2) is 45.2 Å². The third-order valence-electron chi connectivity index (χ3n) is 3.38. The molecule has 1 aliphatic heterocycles. The molecule has 0 atom stereocenters. The van der Waals surface area contributed by atoms with Crippen molar-refractivity contribution in [3.05, 3.63) is 24.3 Å². The molecule has 0 saturated carbocycles. The quantitative estimate of drug-likeness (QED) is 0.853. The molecule has 3 rings (SSSR count). The Balaban J connectivity index is 0.000000774. The first-order valence-electron chi connectivity index (χ1n) is 7.40. The molecule has 1 amide bonds. The van der Waals surface area contributed by atoms with Crippen LogP contribution >= 0.6 is 0 Å². The van der Waals surface area contributed by atoms with Gasteiger partial charge >= 0.3 is 6.09 Å². The molecule has 0 bridgehead atoms. The van der Waals surface area contributed by atoms with Gasteiger partial charge in [-0.1, -0.05) is 13.8 Å². The van der Waals surface area contributed by atoms with Gasteiger partial charge in [0, 0.05) is 18.8 Å². The van der Waals surface area contributed by atoms with Gasteiger partial charge in [-0.15, -0.1) is 0 Å². The minimum absolute atomic E-state index is 0.235. The highest BCUT2D eigenvalue weighted by Crippen LogP contribution is 2.26. The minimum Gasteiger partial charge on any atom is -0.450 e. The summed E-state index contributed by atoms with van der Waals surface area (Å²) in [6.07, 6.45) is 3.36. The number of hydrogen-bond acceptors (Lipinski definition) is 4. The first-order chi connectivity index (χ1) is 10.2. The van der Waals surface area contributed by atoms with Crippen molar-refractivity contribution in [2.24, 2.45) is 0 Å². The van der Waals surface area contributed by atoms with Crippen molar-refractivity contribution in [3.8, 4) is 0 Å². The summed E-state index contributed by atoms with van der Waals surface area (Å²) in [6, 6.07) is 2.30. The highest BCUT2D eigenvalue weighted by Gasteiger charge is 2.33. The maximum absolute atomic E-state index is 11.5. The van der Waals surface area contributed by atoms with Crippen LogP contribution in [0.25, 0.3) is 11.0 Å². The summed E-state index contributed by atoms with van der Waals surface area (Å²) in [5, 5.41) is 0. The van der Waals surface area contributed by atoms with Gasteiger partial charge < -0.3 is 14.2 Å². The van der Waals surface area contributed by atoms with Crippen LogP contribution in [0, 0.1) is 6.92 Å². The molecule has 0 unspecified atom stereocenters. The lowest BCUT2D eigenvalue weighted by Crippen LogP contribution is -2.50. The lowest BCUT2D eigenvalue weighted by molar-refractivity contribution is 0.0612. The SMILES string of the molecule is CC.CCOC(=O)N1CC(n2cnc3cnc(C)cc32)C1. The van der Waals surface area contributed by atoms with Crippen molar-refractivity contribution >= 4 is 17.1 Å². The molecule has 2 aromatic rings. The Morgan fingerprint density at radius 2 is 2.10 bits per heavy atom. The maximum atomic E-state index is 11.5. The van der Waals surface area contributed by atoms with Crippen molar-refractivity contribution in [1.29, 1.82) is 0 Å². The van der Waals surface area contributed by atoms with Crippen LogP contribution in [0.1, 0.15) is 32.5 Å². The van der Waals surface area contributed by atoms with Crippen molar-refractivity contribution < 1.29 is 9.53 Å². The van der Waals surface area contributed by atoms with Gasteiger partial charge in [-0.3, -0.25) is 4.98 Å². The van der Waals surface area contributed by atoms with Gasteiger partial charge in [0.2, 0.25) is 0 Å². The summed E-state index contributed by atoms with van der Waals surface area (Å²) in [4.78, 5) is 21.8. The van der Waals surface area contributed by atoms with E-state index in [2.05, 4.69) is 14.5 Å². The summed E-state index contributed by atoms with van der Waals surface area (Å²) in [7, 11) is 0. The molecular formula is C15H22N4O2. The molecule has 0 aliphatic carbocycles. The standard InChI is InChI=1S/C13H16N4O2.C2H6/c1-3-19-13(18)16-6-10(7-16)17-8-15-11-5-14-9(2)4-12(11)17;1-2/h4-5,8,10H,3,6-7H2,1-2H3;1-2H3. The van der Waals surface area contributed by atoms with Crippen LogP contribution in [0.4, 0.5) is 4.79 Å². The number of aryl methyl sites for hydroxylation is 1. The monoisotopic (exact) mass is 290 g/mol. The second kappa shape index (κ2) is 6.56. The molecule has 1 fully saturated rings. The molecule has 21 heavy (non-hydrogen) atoms. The number of carbonyl (C=O) groups excluding carboxylic acids is 1. The zero-order valence-corrected chi connectivity index (χ0v) is 13.0. The van der Waals surface area contributed by atoms with Crippen molar-refractivity contribution in [3.63, 3.8) is 0 Å². The summed E-state index contributed by atoms with van der Waals surface area (Å²) in [5.74, 6) is 0. The molecule has 0 aromatic carbocycles. The van der Waals surface area contributed by atoms with E-state index in [4.69, 9.17) is 4.74 Å². The first-order valence-corrected chi connectivity index (χ1v) is 7.40. The fourth-order valence-corrected chi connectivity index (χ4v) is 2.32. The van der Waals surface area contributed by atoms with E-state index in [0.717, 1.165) is 16.7 Å². The molecule has 1 aliphatic rings. The third kappa shape index (κ3) is 2.99. The van der Waals surface area contributed by atoms with Gasteiger partial charge in [0.25, 0.3) is 0 Å². The summed E-state index contributed by atoms with van der Waals surface area (Å²) >= 11 is 0. The predicted octanol–water partition coefficient (Wildman–Crippen LogP) is 2.78. The van der Waals surface area contributed by atoms with Crippen molar-refractivity contribution in [2.75, 3.05) is 19.7 Å². The number of carbonyl (C=O) groups is 1. The van der Waals surface area contributed by atoms with E-state index in [1.807, 2.05) is 40.1 Å². The molecule has 2 aromatic heterocycles. The molecule has 6 heteroatoms. The largest absolute Gasteiger partial charge is 0.450 e. The van der Waals surface area contributed by atoms with E-state index in [1.165, 1.54) is 0 Å². The molecule has 3 heterocycles. The van der Waals surface area contributed by atoms with Gasteiger partial charge in [0.1, 0.15) is 5.52 Å². The Morgan fingerprint density at radius 1 is 1.38 bits per heavy atom. The number of likely N-dealkylation sites (tertiary alicyclic amines) is 1. The Morgan fingerprint density at radius 3 is 2.76 bits per heavy atom. The predicted molar refractivity (Wildman–Crippen MR) is 81.2 cm³/mol. The number of imidazole rings is 1. The third-order valence-corrected chi connectivity index (χ3v) is 3.38. The molecule has 6 nitrogen and oxygen atoms in total. The Kier molecular flexibility index (Phi) is 4.77. The smallest absolute Gasteiger partial charge is 0.409 e. The van der Waals surface area contributed by atoms with Crippen LogP contribution in [-0.2, 0) is 4.74 Å². The zero-order chi connectivity index (χ0) is 15.4. The minimum atomic E-state index is -0.235. The highest BCUT2D eigenvalue weighted by molar-refractivity contribution is 5.75. The topological polar surface area (TPSA) is 60.2 Å². The van der Waals surface area contributed by atoms with Crippen LogP contribution in [0.2, 0.25) is 0 Å². The fourth-order valence-electron chi connectivity index (χ4n) is 2.32. The number of nitrogens with zero attached hydrogens (tertiary/aromatic N) is 4. The maximum Gasteiger partial charge on any atom is 0.409 e.